The van der Waals surface area contributed by atoms with Gasteiger partial charge in [-0.1, -0.05) is 19.9 Å². The zero-order valence-electron chi connectivity index (χ0n) is 19.5. The number of rotatable bonds is 6. The van der Waals surface area contributed by atoms with Crippen molar-refractivity contribution in [1.82, 2.24) is 24.7 Å². The number of aromatic nitrogens is 5. The highest BCUT2D eigenvalue weighted by molar-refractivity contribution is 6.06. The first-order valence-corrected chi connectivity index (χ1v) is 11.2. The van der Waals surface area contributed by atoms with Crippen molar-refractivity contribution >= 4 is 28.6 Å². The van der Waals surface area contributed by atoms with Crippen molar-refractivity contribution < 1.29 is 14.3 Å². The van der Waals surface area contributed by atoms with Crippen molar-refractivity contribution in [3.05, 3.63) is 53.6 Å². The lowest BCUT2D eigenvalue weighted by atomic mass is 9.95. The van der Waals surface area contributed by atoms with Crippen molar-refractivity contribution in [2.45, 2.75) is 26.8 Å². The smallest absolute Gasteiger partial charge is 0.273 e. The topological polar surface area (TPSA) is 119 Å². The molecule has 34 heavy (non-hydrogen) atoms. The minimum Gasteiger partial charge on any atom is -0.486 e. The lowest BCUT2D eigenvalue weighted by Gasteiger charge is -2.26. The first kappa shape index (κ1) is 21.7. The summed E-state index contributed by atoms with van der Waals surface area (Å²) in [7, 11) is 1.78. The molecule has 0 fully saturated rings. The van der Waals surface area contributed by atoms with Gasteiger partial charge in [0.05, 0.1) is 17.6 Å². The quantitative estimate of drug-likeness (QED) is 0.399. The lowest BCUT2D eigenvalue weighted by Crippen LogP contribution is -2.19. The number of nitrogens with zero attached hydrogens (tertiary/aromatic N) is 4. The third-order valence-corrected chi connectivity index (χ3v) is 5.91. The number of amides is 1. The standard InChI is InChI=1S/C24H27N7O3/c1-13(2)20(15-5-6-18-19(9-15)34-8-7-33-18)29-22-16-10-17(28-21(16)25-12-26-22)24(32)30-23-14(3)11-27-31(23)4/h5-6,9-13,20H,7-8H2,1-4H3,(H,30,32)(H2,25,26,28,29)/t20-/m1/s1. The number of nitrogens with one attached hydrogen (secondary N) is 3. The Bertz CT molecular complexity index is 1340. The fourth-order valence-corrected chi connectivity index (χ4v) is 4.11. The van der Waals surface area contributed by atoms with Gasteiger partial charge in [-0.15, -0.1) is 0 Å². The summed E-state index contributed by atoms with van der Waals surface area (Å²) in [4.78, 5) is 24.8. The minimum absolute atomic E-state index is 0.0433. The molecular weight excluding hydrogens is 434 g/mol. The second-order valence-electron chi connectivity index (χ2n) is 8.69. The van der Waals surface area contributed by atoms with Gasteiger partial charge in [-0.25, -0.2) is 9.97 Å². The average Bonchev–Trinajstić information content (AvgIpc) is 3.41. The van der Waals surface area contributed by atoms with Gasteiger partial charge >= 0.3 is 0 Å². The maximum Gasteiger partial charge on any atom is 0.273 e. The summed E-state index contributed by atoms with van der Waals surface area (Å²) in [6.07, 6.45) is 3.19. The number of ether oxygens (including phenoxy) is 2. The van der Waals surface area contributed by atoms with E-state index in [2.05, 4.69) is 44.5 Å². The maximum atomic E-state index is 12.9. The molecule has 0 saturated heterocycles. The van der Waals surface area contributed by atoms with E-state index in [4.69, 9.17) is 9.47 Å². The van der Waals surface area contributed by atoms with Gasteiger partial charge in [0, 0.05) is 12.6 Å². The lowest BCUT2D eigenvalue weighted by molar-refractivity contribution is 0.102. The van der Waals surface area contributed by atoms with Crippen LogP contribution in [-0.2, 0) is 7.05 Å². The second-order valence-corrected chi connectivity index (χ2v) is 8.69. The van der Waals surface area contributed by atoms with Crippen LogP contribution >= 0.6 is 0 Å². The van der Waals surface area contributed by atoms with Gasteiger partial charge in [0.25, 0.3) is 5.91 Å². The number of hydrogen-bond acceptors (Lipinski definition) is 7. The van der Waals surface area contributed by atoms with E-state index in [1.807, 2.05) is 25.1 Å². The van der Waals surface area contributed by atoms with E-state index in [9.17, 15) is 4.79 Å². The minimum atomic E-state index is -0.275. The number of hydrogen-bond donors (Lipinski definition) is 3. The number of fused-ring (bicyclic) bond motifs is 2. The molecule has 3 N–H and O–H groups in total. The van der Waals surface area contributed by atoms with Gasteiger partial charge in [0.2, 0.25) is 0 Å². The van der Waals surface area contributed by atoms with Gasteiger partial charge in [0.15, 0.2) is 11.5 Å². The molecule has 0 saturated carbocycles. The first-order valence-electron chi connectivity index (χ1n) is 11.2. The molecule has 1 amide bonds. The van der Waals surface area contributed by atoms with Crippen LogP contribution in [0.5, 0.6) is 11.5 Å². The highest BCUT2D eigenvalue weighted by atomic mass is 16.6. The average molecular weight is 462 g/mol. The van der Waals surface area contributed by atoms with Gasteiger partial charge < -0.3 is 25.1 Å². The first-order chi connectivity index (χ1) is 16.4. The van der Waals surface area contributed by atoms with Crippen LogP contribution in [0.4, 0.5) is 11.6 Å². The molecule has 4 aromatic rings. The Labute approximate surface area is 196 Å². The summed E-state index contributed by atoms with van der Waals surface area (Å²) in [6.45, 7) is 7.26. The Hall–Kier alpha value is -4.08. The zero-order valence-corrected chi connectivity index (χ0v) is 19.5. The van der Waals surface area contributed by atoms with E-state index in [1.54, 1.807) is 24.0 Å². The fraction of sp³-hybridized carbons (Fsp3) is 0.333. The summed E-state index contributed by atoms with van der Waals surface area (Å²) in [5.41, 5.74) is 2.91. The number of carbonyl (C=O) groups is 1. The number of carbonyl (C=O) groups excluding carboxylic acids is 1. The summed E-state index contributed by atoms with van der Waals surface area (Å²) >= 11 is 0. The molecule has 0 radical (unpaired) electrons. The molecule has 0 aliphatic carbocycles. The summed E-state index contributed by atoms with van der Waals surface area (Å²) in [6, 6.07) is 7.71. The molecule has 10 heteroatoms. The summed E-state index contributed by atoms with van der Waals surface area (Å²) in [5, 5.41) is 11.4. The van der Waals surface area contributed by atoms with Crippen LogP contribution in [0, 0.1) is 12.8 Å². The van der Waals surface area contributed by atoms with Crippen molar-refractivity contribution in [3.63, 3.8) is 0 Å². The SMILES string of the molecule is Cc1cnn(C)c1NC(=O)c1cc2c(N[C@@H](c3ccc4c(c3)OCCO4)C(C)C)ncnc2[nH]1. The Kier molecular flexibility index (Phi) is 5.56. The number of anilines is 2. The van der Waals surface area contributed by atoms with Gasteiger partial charge in [0.1, 0.15) is 42.5 Å². The zero-order chi connectivity index (χ0) is 23.8. The molecule has 10 nitrogen and oxygen atoms in total. The van der Waals surface area contributed by atoms with Gasteiger partial charge in [-0.05, 0) is 36.6 Å². The highest BCUT2D eigenvalue weighted by Crippen LogP contribution is 2.36. The summed E-state index contributed by atoms with van der Waals surface area (Å²) < 4.78 is 13.1. The van der Waals surface area contributed by atoms with E-state index in [-0.39, 0.29) is 17.9 Å². The molecule has 1 aromatic carbocycles. The monoisotopic (exact) mass is 461 g/mol. The van der Waals surface area contributed by atoms with Gasteiger partial charge in [-0.2, -0.15) is 5.10 Å². The molecule has 1 atom stereocenters. The maximum absolute atomic E-state index is 12.9. The summed E-state index contributed by atoms with van der Waals surface area (Å²) in [5.74, 6) is 2.77. The van der Waals surface area contributed by atoms with Crippen LogP contribution in [0.25, 0.3) is 11.0 Å². The Morgan fingerprint density at radius 2 is 1.94 bits per heavy atom. The Morgan fingerprint density at radius 3 is 2.68 bits per heavy atom. The number of aromatic amines is 1. The van der Waals surface area contributed by atoms with E-state index in [0.717, 1.165) is 28.0 Å². The second kappa shape index (κ2) is 8.69. The van der Waals surface area contributed by atoms with Crippen LogP contribution in [0.15, 0.2) is 36.8 Å². The normalized spacial score (nSPS) is 13.8. The van der Waals surface area contributed by atoms with E-state index >= 15 is 0 Å². The molecule has 0 unspecified atom stereocenters. The molecule has 4 heterocycles. The number of H-pyrrole nitrogens is 1. The van der Waals surface area contributed by atoms with Crippen LogP contribution < -0.4 is 20.1 Å². The number of aryl methyl sites for hydroxylation is 2. The molecule has 0 bridgehead atoms. The number of benzene rings is 1. The third-order valence-electron chi connectivity index (χ3n) is 5.91. The molecule has 176 valence electrons. The molecule has 0 spiro atoms. The molecule has 3 aromatic heterocycles. The van der Waals surface area contributed by atoms with E-state index in [0.29, 0.717) is 36.2 Å². The van der Waals surface area contributed by atoms with Crippen LogP contribution in [-0.4, -0.2) is 43.9 Å². The van der Waals surface area contributed by atoms with Gasteiger partial charge in [-0.3, -0.25) is 9.48 Å². The Morgan fingerprint density at radius 1 is 1.15 bits per heavy atom. The predicted octanol–water partition coefficient (Wildman–Crippen LogP) is 3.83. The molecular formula is C24H27N7O3. The predicted molar refractivity (Wildman–Crippen MR) is 128 cm³/mol. The van der Waals surface area contributed by atoms with E-state index in [1.165, 1.54) is 6.33 Å². The van der Waals surface area contributed by atoms with Crippen LogP contribution in [0.1, 0.15) is 41.5 Å². The van der Waals surface area contributed by atoms with Crippen LogP contribution in [0.3, 0.4) is 0 Å². The highest BCUT2D eigenvalue weighted by Gasteiger charge is 2.22. The molecule has 1 aliphatic rings. The van der Waals surface area contributed by atoms with Crippen molar-refractivity contribution in [2.24, 2.45) is 13.0 Å². The van der Waals surface area contributed by atoms with Crippen LogP contribution in [0.2, 0.25) is 0 Å². The largest absolute Gasteiger partial charge is 0.486 e. The Balaban J connectivity index is 1.44. The van der Waals surface area contributed by atoms with Crippen molar-refractivity contribution in [1.29, 1.82) is 0 Å². The molecule has 1 aliphatic heterocycles. The van der Waals surface area contributed by atoms with Crippen molar-refractivity contribution in [3.8, 4) is 11.5 Å². The molecule has 5 rings (SSSR count). The van der Waals surface area contributed by atoms with Crippen molar-refractivity contribution in [2.75, 3.05) is 23.8 Å². The fourth-order valence-electron chi connectivity index (χ4n) is 4.11. The van der Waals surface area contributed by atoms with E-state index < -0.39 is 0 Å². The third kappa shape index (κ3) is 4.02.